The molecule has 0 aliphatic carbocycles. The van der Waals surface area contributed by atoms with Gasteiger partial charge in [0.05, 0.1) is 6.26 Å². The standard InChI is InChI=1S/C9H14O2/c1-8-6-9(11-7-8)4-2-3-5-10/h6-7,10H,2-5H2,1H3. The maximum Gasteiger partial charge on any atom is 0.104 e. The Bertz CT molecular complexity index is 203. The van der Waals surface area contributed by atoms with Crippen molar-refractivity contribution < 1.29 is 9.52 Å². The fourth-order valence-corrected chi connectivity index (χ4v) is 1.03. The zero-order valence-corrected chi connectivity index (χ0v) is 6.84. The van der Waals surface area contributed by atoms with Gasteiger partial charge in [-0.05, 0) is 31.4 Å². The average Bonchev–Trinajstić information content (AvgIpc) is 2.37. The van der Waals surface area contributed by atoms with Crippen molar-refractivity contribution >= 4 is 0 Å². The molecule has 1 aromatic rings. The molecule has 0 saturated carbocycles. The quantitative estimate of drug-likeness (QED) is 0.672. The molecular weight excluding hydrogens is 140 g/mol. The fourth-order valence-electron chi connectivity index (χ4n) is 1.03. The Kier molecular flexibility index (Phi) is 3.17. The maximum atomic E-state index is 8.52. The molecular formula is C9H14O2. The van der Waals surface area contributed by atoms with E-state index < -0.39 is 0 Å². The molecule has 1 N–H and O–H groups in total. The summed E-state index contributed by atoms with van der Waals surface area (Å²) in [4.78, 5) is 0. The van der Waals surface area contributed by atoms with Gasteiger partial charge in [-0.25, -0.2) is 0 Å². The first kappa shape index (κ1) is 8.34. The summed E-state index contributed by atoms with van der Waals surface area (Å²) in [5.74, 6) is 1.02. The van der Waals surface area contributed by atoms with Gasteiger partial charge >= 0.3 is 0 Å². The third-order valence-corrected chi connectivity index (χ3v) is 1.62. The van der Waals surface area contributed by atoms with Gasteiger partial charge in [0.1, 0.15) is 5.76 Å². The lowest BCUT2D eigenvalue weighted by atomic mass is 10.2. The number of hydrogen-bond donors (Lipinski definition) is 1. The predicted octanol–water partition coefficient (Wildman–Crippen LogP) is 1.90. The van der Waals surface area contributed by atoms with E-state index in [0.717, 1.165) is 25.0 Å². The van der Waals surface area contributed by atoms with Crippen LogP contribution in [0.3, 0.4) is 0 Å². The molecule has 0 atom stereocenters. The first-order valence-electron chi connectivity index (χ1n) is 3.98. The first-order chi connectivity index (χ1) is 5.33. The Morgan fingerprint density at radius 2 is 2.27 bits per heavy atom. The van der Waals surface area contributed by atoms with Gasteiger partial charge in [0.25, 0.3) is 0 Å². The minimum absolute atomic E-state index is 0.277. The van der Waals surface area contributed by atoms with Crippen LogP contribution in [-0.2, 0) is 6.42 Å². The molecule has 0 aliphatic heterocycles. The zero-order chi connectivity index (χ0) is 8.10. The summed E-state index contributed by atoms with van der Waals surface area (Å²) in [5, 5.41) is 8.52. The topological polar surface area (TPSA) is 33.4 Å². The molecule has 0 aliphatic rings. The van der Waals surface area contributed by atoms with Gasteiger partial charge in [-0.2, -0.15) is 0 Å². The highest BCUT2D eigenvalue weighted by Gasteiger charge is 1.96. The van der Waals surface area contributed by atoms with Gasteiger partial charge < -0.3 is 9.52 Å². The van der Waals surface area contributed by atoms with Gasteiger partial charge in [0, 0.05) is 13.0 Å². The highest BCUT2D eigenvalue weighted by atomic mass is 16.3. The summed E-state index contributed by atoms with van der Waals surface area (Å²) < 4.78 is 5.23. The van der Waals surface area contributed by atoms with Crippen molar-refractivity contribution in [2.75, 3.05) is 6.61 Å². The van der Waals surface area contributed by atoms with Crippen LogP contribution in [0.25, 0.3) is 0 Å². The molecule has 0 fully saturated rings. The van der Waals surface area contributed by atoms with Crippen LogP contribution in [0.2, 0.25) is 0 Å². The Labute approximate surface area is 66.8 Å². The molecule has 62 valence electrons. The maximum absolute atomic E-state index is 8.52. The number of aliphatic hydroxyl groups is 1. The molecule has 1 rings (SSSR count). The molecule has 2 heteroatoms. The summed E-state index contributed by atoms with van der Waals surface area (Å²) >= 11 is 0. The van der Waals surface area contributed by atoms with E-state index >= 15 is 0 Å². The summed E-state index contributed by atoms with van der Waals surface area (Å²) in [6, 6.07) is 2.04. The van der Waals surface area contributed by atoms with Crippen LogP contribution in [0.4, 0.5) is 0 Å². The van der Waals surface area contributed by atoms with Crippen molar-refractivity contribution in [2.24, 2.45) is 0 Å². The van der Waals surface area contributed by atoms with Crippen LogP contribution in [0, 0.1) is 6.92 Å². The molecule has 0 spiro atoms. The van der Waals surface area contributed by atoms with Gasteiger partial charge in [-0.15, -0.1) is 0 Å². The summed E-state index contributed by atoms with van der Waals surface area (Å²) in [7, 11) is 0. The Morgan fingerprint density at radius 1 is 1.45 bits per heavy atom. The normalized spacial score (nSPS) is 10.4. The van der Waals surface area contributed by atoms with Crippen molar-refractivity contribution in [3.05, 3.63) is 23.7 Å². The lowest BCUT2D eigenvalue weighted by Crippen LogP contribution is -1.85. The fraction of sp³-hybridized carbons (Fsp3) is 0.556. The van der Waals surface area contributed by atoms with Crippen molar-refractivity contribution in [3.8, 4) is 0 Å². The largest absolute Gasteiger partial charge is 0.469 e. The Balaban J connectivity index is 2.27. The first-order valence-corrected chi connectivity index (χ1v) is 3.98. The molecule has 0 aromatic carbocycles. The minimum atomic E-state index is 0.277. The molecule has 1 aromatic heterocycles. The number of hydrogen-bond acceptors (Lipinski definition) is 2. The Morgan fingerprint density at radius 3 is 2.82 bits per heavy atom. The van der Waals surface area contributed by atoms with Crippen molar-refractivity contribution in [2.45, 2.75) is 26.2 Å². The van der Waals surface area contributed by atoms with E-state index in [4.69, 9.17) is 9.52 Å². The SMILES string of the molecule is Cc1coc(CCCCO)c1. The summed E-state index contributed by atoms with van der Waals surface area (Å²) in [6.07, 6.45) is 4.56. The van der Waals surface area contributed by atoms with E-state index in [9.17, 15) is 0 Å². The molecule has 1 heterocycles. The second kappa shape index (κ2) is 4.19. The number of unbranched alkanes of at least 4 members (excludes halogenated alkanes) is 1. The molecule has 0 radical (unpaired) electrons. The van der Waals surface area contributed by atoms with Gasteiger partial charge in [-0.3, -0.25) is 0 Å². The van der Waals surface area contributed by atoms with E-state index in [1.165, 1.54) is 5.56 Å². The summed E-state index contributed by atoms with van der Waals surface area (Å²) in [6.45, 7) is 2.29. The van der Waals surface area contributed by atoms with Gasteiger partial charge in [0.15, 0.2) is 0 Å². The van der Waals surface area contributed by atoms with E-state index in [1.54, 1.807) is 6.26 Å². The highest BCUT2D eigenvalue weighted by Crippen LogP contribution is 2.09. The highest BCUT2D eigenvalue weighted by molar-refractivity contribution is 5.10. The van der Waals surface area contributed by atoms with Crippen LogP contribution < -0.4 is 0 Å². The molecule has 0 saturated heterocycles. The van der Waals surface area contributed by atoms with Crippen LogP contribution in [0.5, 0.6) is 0 Å². The lowest BCUT2D eigenvalue weighted by Gasteiger charge is -1.93. The molecule has 0 unspecified atom stereocenters. The van der Waals surface area contributed by atoms with Crippen molar-refractivity contribution in [3.63, 3.8) is 0 Å². The smallest absolute Gasteiger partial charge is 0.104 e. The molecule has 2 nitrogen and oxygen atoms in total. The van der Waals surface area contributed by atoms with E-state index in [0.29, 0.717) is 0 Å². The predicted molar refractivity (Wildman–Crippen MR) is 43.5 cm³/mol. The van der Waals surface area contributed by atoms with Crippen LogP contribution in [0.1, 0.15) is 24.2 Å². The third-order valence-electron chi connectivity index (χ3n) is 1.62. The second-order valence-electron chi connectivity index (χ2n) is 2.77. The number of aliphatic hydroxyl groups excluding tert-OH is 1. The van der Waals surface area contributed by atoms with E-state index in [1.807, 2.05) is 13.0 Å². The molecule has 0 amide bonds. The second-order valence-corrected chi connectivity index (χ2v) is 2.77. The van der Waals surface area contributed by atoms with Crippen LogP contribution in [0.15, 0.2) is 16.7 Å². The minimum Gasteiger partial charge on any atom is -0.469 e. The van der Waals surface area contributed by atoms with Gasteiger partial charge in [0.2, 0.25) is 0 Å². The summed E-state index contributed by atoms with van der Waals surface area (Å²) in [5.41, 5.74) is 1.17. The zero-order valence-electron chi connectivity index (χ0n) is 6.84. The van der Waals surface area contributed by atoms with Crippen molar-refractivity contribution in [1.29, 1.82) is 0 Å². The molecule has 0 bridgehead atoms. The van der Waals surface area contributed by atoms with E-state index in [2.05, 4.69) is 0 Å². The third kappa shape index (κ3) is 2.76. The molecule has 11 heavy (non-hydrogen) atoms. The van der Waals surface area contributed by atoms with E-state index in [-0.39, 0.29) is 6.61 Å². The van der Waals surface area contributed by atoms with Crippen molar-refractivity contribution in [1.82, 2.24) is 0 Å². The number of furan rings is 1. The monoisotopic (exact) mass is 154 g/mol. The van der Waals surface area contributed by atoms with Gasteiger partial charge in [-0.1, -0.05) is 0 Å². The lowest BCUT2D eigenvalue weighted by molar-refractivity contribution is 0.283. The number of aryl methyl sites for hydroxylation is 2. The van der Waals surface area contributed by atoms with Crippen LogP contribution >= 0.6 is 0 Å². The number of rotatable bonds is 4. The Hall–Kier alpha value is -0.760. The average molecular weight is 154 g/mol. The van der Waals surface area contributed by atoms with Crippen LogP contribution in [-0.4, -0.2) is 11.7 Å².